The Morgan fingerprint density at radius 1 is 1.17 bits per heavy atom. The molecule has 0 aliphatic heterocycles. The van der Waals surface area contributed by atoms with Crippen molar-refractivity contribution in [2.75, 3.05) is 4.72 Å². The van der Waals surface area contributed by atoms with Crippen molar-refractivity contribution in [3.05, 3.63) is 58.7 Å². The number of hydrogen-bond acceptors (Lipinski definition) is 4. The molecule has 0 saturated carbocycles. The molecule has 2 N–H and O–H groups in total. The summed E-state index contributed by atoms with van der Waals surface area (Å²) in [6, 6.07) is 10.6. The van der Waals surface area contributed by atoms with E-state index >= 15 is 0 Å². The lowest BCUT2D eigenvalue weighted by molar-refractivity contribution is 0.0698. The van der Waals surface area contributed by atoms with Crippen LogP contribution in [0.3, 0.4) is 0 Å². The Bertz CT molecular complexity index is 910. The number of hydrogen-bond donors (Lipinski definition) is 2. The van der Waals surface area contributed by atoms with Crippen LogP contribution in [0.5, 0.6) is 0 Å². The fourth-order valence-electron chi connectivity index (χ4n) is 2.07. The van der Waals surface area contributed by atoms with Crippen molar-refractivity contribution in [3.63, 3.8) is 0 Å². The molecule has 23 heavy (non-hydrogen) atoms. The Kier molecular flexibility index (Phi) is 4.38. The lowest BCUT2D eigenvalue weighted by Crippen LogP contribution is -2.17. The minimum Gasteiger partial charge on any atom is -0.478 e. The van der Waals surface area contributed by atoms with Gasteiger partial charge in [0.25, 0.3) is 10.0 Å². The summed E-state index contributed by atoms with van der Waals surface area (Å²) in [4.78, 5) is 11.4. The molecule has 7 heteroatoms. The van der Waals surface area contributed by atoms with E-state index < -0.39 is 16.0 Å². The number of aromatic carboxylic acids is 1. The largest absolute Gasteiger partial charge is 0.478 e. The molecule has 0 aliphatic carbocycles. The maximum absolute atomic E-state index is 12.4. The number of sulfonamides is 1. The highest BCUT2D eigenvalue weighted by Gasteiger charge is 2.21. The van der Waals surface area contributed by atoms with Gasteiger partial charge >= 0.3 is 5.97 Å². The number of rotatable bonds is 4. The Morgan fingerprint density at radius 3 is 2.30 bits per heavy atom. The fraction of sp³-hybridized carbons (Fsp3) is 0.125. The molecule has 0 saturated heterocycles. The Hall–Kier alpha value is -2.85. The molecule has 2 rings (SSSR count). The zero-order valence-corrected chi connectivity index (χ0v) is 13.3. The van der Waals surface area contributed by atoms with E-state index in [1.807, 2.05) is 13.0 Å². The molecule has 6 nitrogen and oxygen atoms in total. The third-order valence-electron chi connectivity index (χ3n) is 3.26. The van der Waals surface area contributed by atoms with Crippen LogP contribution in [-0.2, 0) is 10.0 Å². The minimum absolute atomic E-state index is 0.0307. The minimum atomic E-state index is -3.92. The second kappa shape index (κ2) is 6.10. The number of carbonyl (C=O) groups is 1. The van der Waals surface area contributed by atoms with Crippen LogP contribution in [0.2, 0.25) is 0 Å². The molecule has 0 radical (unpaired) electrons. The van der Waals surface area contributed by atoms with Crippen molar-refractivity contribution in [1.29, 1.82) is 5.26 Å². The van der Waals surface area contributed by atoms with E-state index in [0.717, 1.165) is 11.6 Å². The van der Waals surface area contributed by atoms with E-state index in [4.69, 9.17) is 5.26 Å². The monoisotopic (exact) mass is 330 g/mol. The van der Waals surface area contributed by atoms with E-state index in [1.54, 1.807) is 19.1 Å². The van der Waals surface area contributed by atoms with E-state index in [0.29, 0.717) is 5.56 Å². The lowest BCUT2D eigenvalue weighted by atomic mass is 10.0. The van der Waals surface area contributed by atoms with Crippen LogP contribution in [0.1, 0.15) is 27.0 Å². The summed E-state index contributed by atoms with van der Waals surface area (Å²) in [5.41, 5.74) is 1.11. The molecule has 118 valence electrons. The Labute approximate surface area is 134 Å². The van der Waals surface area contributed by atoms with Gasteiger partial charge in [0.15, 0.2) is 0 Å². The second-order valence-corrected chi connectivity index (χ2v) is 6.73. The predicted molar refractivity (Wildman–Crippen MR) is 84.8 cm³/mol. The number of nitrogens with zero attached hydrogens (tertiary/aromatic N) is 1. The standard InChI is InChI=1S/C16H14N2O4S/c1-10-3-5-13(6-4-10)23(21,22)18-15-11(2)7-12(9-17)8-14(15)16(19)20/h3-8,18H,1-2H3,(H,19,20). The first-order chi connectivity index (χ1) is 10.7. The lowest BCUT2D eigenvalue weighted by Gasteiger charge is -2.14. The molecule has 0 amide bonds. The van der Waals surface area contributed by atoms with E-state index in [-0.39, 0.29) is 21.7 Å². The van der Waals surface area contributed by atoms with Gasteiger partial charge in [-0.3, -0.25) is 4.72 Å². The van der Waals surface area contributed by atoms with Crippen molar-refractivity contribution >= 4 is 21.7 Å². The number of benzene rings is 2. The first kappa shape index (κ1) is 16.5. The fourth-order valence-corrected chi connectivity index (χ4v) is 3.22. The zero-order valence-electron chi connectivity index (χ0n) is 12.5. The molecule has 2 aromatic carbocycles. The molecule has 2 aromatic rings. The summed E-state index contributed by atoms with van der Waals surface area (Å²) < 4.78 is 27.2. The summed E-state index contributed by atoms with van der Waals surface area (Å²) in [5.74, 6) is -1.31. The van der Waals surface area contributed by atoms with E-state index in [1.165, 1.54) is 18.2 Å². The third-order valence-corrected chi connectivity index (χ3v) is 4.63. The normalized spacial score (nSPS) is 10.8. The Morgan fingerprint density at radius 2 is 1.78 bits per heavy atom. The van der Waals surface area contributed by atoms with Crippen molar-refractivity contribution in [2.24, 2.45) is 0 Å². The van der Waals surface area contributed by atoms with Crippen molar-refractivity contribution < 1.29 is 18.3 Å². The zero-order chi connectivity index (χ0) is 17.2. The van der Waals surface area contributed by atoms with Gasteiger partial charge in [-0.1, -0.05) is 17.7 Å². The predicted octanol–water partition coefficient (Wildman–Crippen LogP) is 2.67. The molecule has 0 spiro atoms. The van der Waals surface area contributed by atoms with Gasteiger partial charge in [-0.2, -0.15) is 5.26 Å². The van der Waals surface area contributed by atoms with Gasteiger partial charge in [0.1, 0.15) is 0 Å². The SMILES string of the molecule is Cc1ccc(S(=O)(=O)Nc2c(C)cc(C#N)cc2C(=O)O)cc1. The molecule has 0 unspecified atom stereocenters. The average Bonchev–Trinajstić information content (AvgIpc) is 2.49. The number of nitrogens with one attached hydrogen (secondary N) is 1. The number of nitriles is 1. The highest BCUT2D eigenvalue weighted by molar-refractivity contribution is 7.92. The molecular weight excluding hydrogens is 316 g/mol. The van der Waals surface area contributed by atoms with Crippen LogP contribution in [0.25, 0.3) is 0 Å². The molecular formula is C16H14N2O4S. The summed E-state index contributed by atoms with van der Waals surface area (Å²) in [6.45, 7) is 3.37. The van der Waals surface area contributed by atoms with Crippen LogP contribution in [0, 0.1) is 25.2 Å². The number of anilines is 1. The van der Waals surface area contributed by atoms with Gasteiger partial charge in [0.2, 0.25) is 0 Å². The van der Waals surface area contributed by atoms with Crippen LogP contribution < -0.4 is 4.72 Å². The van der Waals surface area contributed by atoms with Gasteiger partial charge in [-0.15, -0.1) is 0 Å². The number of carboxylic acids is 1. The van der Waals surface area contributed by atoms with Crippen molar-refractivity contribution in [1.82, 2.24) is 0 Å². The van der Waals surface area contributed by atoms with Crippen molar-refractivity contribution in [2.45, 2.75) is 18.7 Å². The molecule has 0 aliphatic rings. The molecule has 0 atom stereocenters. The summed E-state index contributed by atoms with van der Waals surface area (Å²) in [6.07, 6.45) is 0. The highest BCUT2D eigenvalue weighted by atomic mass is 32.2. The van der Waals surface area contributed by atoms with Gasteiger partial charge in [0, 0.05) is 0 Å². The topological polar surface area (TPSA) is 107 Å². The quantitative estimate of drug-likeness (QED) is 0.896. The van der Waals surface area contributed by atoms with Gasteiger partial charge in [-0.05, 0) is 43.7 Å². The van der Waals surface area contributed by atoms with Gasteiger partial charge in [0.05, 0.1) is 27.8 Å². The third kappa shape index (κ3) is 3.49. The van der Waals surface area contributed by atoms with E-state index in [2.05, 4.69) is 4.72 Å². The summed E-state index contributed by atoms with van der Waals surface area (Å²) in [7, 11) is -3.92. The van der Waals surface area contributed by atoms with Crippen LogP contribution in [0.15, 0.2) is 41.3 Å². The smallest absolute Gasteiger partial charge is 0.337 e. The molecule has 0 heterocycles. The van der Waals surface area contributed by atoms with Gasteiger partial charge < -0.3 is 5.11 Å². The molecule has 0 bridgehead atoms. The van der Waals surface area contributed by atoms with Crippen molar-refractivity contribution in [3.8, 4) is 6.07 Å². The first-order valence-electron chi connectivity index (χ1n) is 6.62. The molecule has 0 fully saturated rings. The van der Waals surface area contributed by atoms with Crippen LogP contribution >= 0.6 is 0 Å². The van der Waals surface area contributed by atoms with Crippen LogP contribution in [0.4, 0.5) is 5.69 Å². The first-order valence-corrected chi connectivity index (χ1v) is 8.10. The number of carboxylic acid groups (broad SMARTS) is 1. The molecule has 0 aromatic heterocycles. The highest BCUT2D eigenvalue weighted by Crippen LogP contribution is 2.26. The van der Waals surface area contributed by atoms with E-state index in [9.17, 15) is 18.3 Å². The van der Waals surface area contributed by atoms with Gasteiger partial charge in [-0.25, -0.2) is 13.2 Å². The maximum atomic E-state index is 12.4. The maximum Gasteiger partial charge on any atom is 0.337 e. The second-order valence-electron chi connectivity index (χ2n) is 5.05. The van der Waals surface area contributed by atoms with Crippen LogP contribution in [-0.4, -0.2) is 19.5 Å². The Balaban J connectivity index is 2.53. The summed E-state index contributed by atoms with van der Waals surface area (Å²) in [5, 5.41) is 18.2. The summed E-state index contributed by atoms with van der Waals surface area (Å²) >= 11 is 0. The average molecular weight is 330 g/mol. The number of aryl methyl sites for hydroxylation is 2.